The summed E-state index contributed by atoms with van der Waals surface area (Å²) < 4.78 is 31.6. The molecule has 4 aromatic rings. The first kappa shape index (κ1) is 18.7. The van der Waals surface area contributed by atoms with E-state index in [0.717, 1.165) is 16.9 Å². The first-order valence-corrected chi connectivity index (χ1v) is 11.1. The van der Waals surface area contributed by atoms with Crippen LogP contribution in [0.2, 0.25) is 5.02 Å². The zero-order valence-electron chi connectivity index (χ0n) is 14.6. The molecule has 140 valence electrons. The van der Waals surface area contributed by atoms with E-state index in [1.807, 2.05) is 70.6 Å². The Bertz CT molecular complexity index is 1260. The Morgan fingerprint density at radius 1 is 0.821 bits per heavy atom. The second-order valence-electron chi connectivity index (χ2n) is 5.96. The van der Waals surface area contributed by atoms with Gasteiger partial charge in [0.2, 0.25) is 4.80 Å². The van der Waals surface area contributed by atoms with Gasteiger partial charge in [-0.15, -0.1) is 15.7 Å². The molecule has 0 saturated carbocycles. The lowest BCUT2D eigenvalue weighted by atomic mass is 10.1. The molecule has 28 heavy (non-hydrogen) atoms. The van der Waals surface area contributed by atoms with Gasteiger partial charge in [0.1, 0.15) is 0 Å². The van der Waals surface area contributed by atoms with E-state index in [9.17, 15) is 8.42 Å². The number of para-hydroxylation sites is 1. The summed E-state index contributed by atoms with van der Waals surface area (Å²) in [5.41, 5.74) is 2.70. The van der Waals surface area contributed by atoms with Crippen LogP contribution in [0.25, 0.3) is 16.9 Å². The summed E-state index contributed by atoms with van der Waals surface area (Å²) >= 11 is 7.15. The third-order valence-corrected chi connectivity index (χ3v) is 6.58. The molecule has 1 heterocycles. The maximum absolute atomic E-state index is 12.8. The first-order valence-electron chi connectivity index (χ1n) is 8.42. The first-order chi connectivity index (χ1) is 13.5. The second-order valence-corrected chi connectivity index (χ2v) is 8.84. The maximum Gasteiger partial charge on any atom is 0.285 e. The van der Waals surface area contributed by atoms with Crippen molar-refractivity contribution in [1.29, 1.82) is 0 Å². The van der Waals surface area contributed by atoms with Gasteiger partial charge in [0.05, 0.1) is 10.6 Å². The van der Waals surface area contributed by atoms with Crippen molar-refractivity contribution in [3.05, 3.63) is 100 Å². The topological polar surface area (TPSA) is 51.4 Å². The normalized spacial score (nSPS) is 12.2. The van der Waals surface area contributed by atoms with Gasteiger partial charge >= 0.3 is 0 Å². The summed E-state index contributed by atoms with van der Waals surface area (Å²) in [5, 5.41) is 2.39. The number of hydrogen-bond donors (Lipinski definition) is 0. The van der Waals surface area contributed by atoms with Crippen molar-refractivity contribution in [2.45, 2.75) is 4.90 Å². The molecule has 0 atom stereocenters. The van der Waals surface area contributed by atoms with Gasteiger partial charge in [-0.3, -0.25) is 4.57 Å². The van der Waals surface area contributed by atoms with Crippen molar-refractivity contribution in [2.24, 2.45) is 4.40 Å². The SMILES string of the molecule is O=S(=O)(N=c1scc(-c2ccccc2)n1-c1ccccc1)c1ccc(Cl)cc1. The Kier molecular flexibility index (Phi) is 5.17. The highest BCUT2D eigenvalue weighted by Crippen LogP contribution is 2.24. The van der Waals surface area contributed by atoms with E-state index in [-0.39, 0.29) is 4.90 Å². The van der Waals surface area contributed by atoms with Crippen molar-refractivity contribution in [3.63, 3.8) is 0 Å². The smallest absolute Gasteiger partial charge is 0.284 e. The van der Waals surface area contributed by atoms with Crippen LogP contribution >= 0.6 is 22.9 Å². The van der Waals surface area contributed by atoms with Crippen LogP contribution in [0, 0.1) is 0 Å². The molecule has 0 aliphatic heterocycles. The summed E-state index contributed by atoms with van der Waals surface area (Å²) in [6, 6.07) is 25.4. The number of thiazole rings is 1. The van der Waals surface area contributed by atoms with Gasteiger partial charge in [-0.2, -0.15) is 8.42 Å². The molecule has 1 aromatic heterocycles. The number of rotatable bonds is 4. The van der Waals surface area contributed by atoms with Gasteiger partial charge in [-0.05, 0) is 42.0 Å². The third-order valence-electron chi connectivity index (χ3n) is 4.10. The molecule has 4 rings (SSSR count). The number of nitrogens with zero attached hydrogens (tertiary/aromatic N) is 2. The van der Waals surface area contributed by atoms with Crippen molar-refractivity contribution < 1.29 is 8.42 Å². The number of sulfonamides is 1. The van der Waals surface area contributed by atoms with Crippen molar-refractivity contribution in [1.82, 2.24) is 4.57 Å². The standard InChI is InChI=1S/C21H15ClN2O2S2/c22-17-11-13-19(14-12-17)28(25,26)23-21-24(18-9-5-2-6-10-18)20(15-27-21)16-7-3-1-4-8-16/h1-15H. The maximum atomic E-state index is 12.8. The average Bonchev–Trinajstić information content (AvgIpc) is 3.12. The lowest BCUT2D eigenvalue weighted by Crippen LogP contribution is -2.16. The van der Waals surface area contributed by atoms with Gasteiger partial charge in [0.15, 0.2) is 0 Å². The van der Waals surface area contributed by atoms with Gasteiger partial charge in [-0.1, -0.05) is 60.1 Å². The summed E-state index contributed by atoms with van der Waals surface area (Å²) in [6.45, 7) is 0. The molecule has 0 amide bonds. The molecule has 0 spiro atoms. The molecule has 0 aliphatic carbocycles. The summed E-state index contributed by atoms with van der Waals surface area (Å²) in [5.74, 6) is 0. The highest BCUT2D eigenvalue weighted by atomic mass is 35.5. The minimum absolute atomic E-state index is 0.103. The van der Waals surface area contributed by atoms with E-state index < -0.39 is 10.0 Å². The third kappa shape index (κ3) is 3.80. The minimum atomic E-state index is -3.87. The Morgan fingerprint density at radius 2 is 1.43 bits per heavy atom. The highest BCUT2D eigenvalue weighted by Gasteiger charge is 2.16. The van der Waals surface area contributed by atoms with E-state index in [0.29, 0.717) is 9.82 Å². The van der Waals surface area contributed by atoms with Crippen LogP contribution in [-0.2, 0) is 10.0 Å². The fourth-order valence-electron chi connectivity index (χ4n) is 2.77. The summed E-state index contributed by atoms with van der Waals surface area (Å²) in [7, 11) is -3.87. The average molecular weight is 427 g/mol. The molecule has 4 nitrogen and oxygen atoms in total. The van der Waals surface area contributed by atoms with Gasteiger partial charge in [0.25, 0.3) is 10.0 Å². The number of aromatic nitrogens is 1. The van der Waals surface area contributed by atoms with Gasteiger partial charge < -0.3 is 0 Å². The minimum Gasteiger partial charge on any atom is -0.284 e. The molecule has 0 saturated heterocycles. The molecule has 0 unspecified atom stereocenters. The molecule has 0 aliphatic rings. The lowest BCUT2D eigenvalue weighted by Gasteiger charge is -2.09. The van der Waals surface area contributed by atoms with Gasteiger partial charge in [0, 0.05) is 16.1 Å². The van der Waals surface area contributed by atoms with E-state index in [1.165, 1.54) is 23.5 Å². The van der Waals surface area contributed by atoms with E-state index in [1.54, 1.807) is 12.1 Å². The van der Waals surface area contributed by atoms with Gasteiger partial charge in [-0.25, -0.2) is 0 Å². The fraction of sp³-hybridized carbons (Fsp3) is 0. The molecular formula is C21H15ClN2O2S2. The lowest BCUT2D eigenvalue weighted by molar-refractivity contribution is 0.596. The molecule has 0 radical (unpaired) electrons. The molecule has 7 heteroatoms. The van der Waals surface area contributed by atoms with Crippen molar-refractivity contribution in [2.75, 3.05) is 0 Å². The van der Waals surface area contributed by atoms with Crippen molar-refractivity contribution in [3.8, 4) is 16.9 Å². The zero-order chi connectivity index (χ0) is 19.6. The Labute approximate surface area is 172 Å². The van der Waals surface area contributed by atoms with E-state index in [2.05, 4.69) is 4.40 Å². The quantitative estimate of drug-likeness (QED) is 0.453. The number of hydrogen-bond acceptors (Lipinski definition) is 3. The Balaban J connectivity index is 1.94. The van der Waals surface area contributed by atoms with Crippen LogP contribution in [0.15, 0.2) is 99.6 Å². The van der Waals surface area contributed by atoms with Crippen LogP contribution in [-0.4, -0.2) is 13.0 Å². The van der Waals surface area contributed by atoms with Crippen LogP contribution in [0.5, 0.6) is 0 Å². The highest BCUT2D eigenvalue weighted by molar-refractivity contribution is 7.90. The summed E-state index contributed by atoms with van der Waals surface area (Å²) in [4.78, 5) is 0.478. The Hall–Kier alpha value is -2.67. The fourth-order valence-corrected chi connectivity index (χ4v) is 5.01. The predicted octanol–water partition coefficient (Wildman–Crippen LogP) is 5.15. The zero-order valence-corrected chi connectivity index (χ0v) is 17.0. The molecule has 0 N–H and O–H groups in total. The van der Waals surface area contributed by atoms with E-state index in [4.69, 9.17) is 11.6 Å². The predicted molar refractivity (Wildman–Crippen MR) is 113 cm³/mol. The summed E-state index contributed by atoms with van der Waals surface area (Å²) in [6.07, 6.45) is 0. The molecule has 0 bridgehead atoms. The van der Waals surface area contributed by atoms with Crippen LogP contribution in [0.4, 0.5) is 0 Å². The number of benzene rings is 3. The van der Waals surface area contributed by atoms with Crippen LogP contribution < -0.4 is 4.80 Å². The molecular weight excluding hydrogens is 412 g/mol. The Morgan fingerprint density at radius 3 is 2.07 bits per heavy atom. The largest absolute Gasteiger partial charge is 0.285 e. The molecule has 0 fully saturated rings. The van der Waals surface area contributed by atoms with Crippen LogP contribution in [0.1, 0.15) is 0 Å². The monoisotopic (exact) mass is 426 g/mol. The second kappa shape index (κ2) is 7.75. The number of halogens is 1. The van der Waals surface area contributed by atoms with Crippen molar-refractivity contribution >= 4 is 33.0 Å². The van der Waals surface area contributed by atoms with E-state index >= 15 is 0 Å². The molecule has 3 aromatic carbocycles. The van der Waals surface area contributed by atoms with Crippen LogP contribution in [0.3, 0.4) is 0 Å².